The van der Waals surface area contributed by atoms with E-state index in [-0.39, 0.29) is 11.7 Å². The van der Waals surface area contributed by atoms with Crippen molar-refractivity contribution >= 4 is 35.0 Å². The van der Waals surface area contributed by atoms with Crippen LogP contribution in [0.5, 0.6) is 0 Å². The second-order valence-corrected chi connectivity index (χ2v) is 5.01. The highest BCUT2D eigenvalue weighted by molar-refractivity contribution is 6.39. The van der Waals surface area contributed by atoms with E-state index in [1.54, 1.807) is 18.2 Å². The highest BCUT2D eigenvalue weighted by Crippen LogP contribution is 2.34. The van der Waals surface area contributed by atoms with E-state index in [9.17, 15) is 9.59 Å². The van der Waals surface area contributed by atoms with Crippen molar-refractivity contribution in [2.75, 3.05) is 0 Å². The smallest absolute Gasteiger partial charge is 0.305 e. The Morgan fingerprint density at radius 3 is 2.52 bits per heavy atom. The highest BCUT2D eigenvalue weighted by atomic mass is 35.5. The van der Waals surface area contributed by atoms with Crippen LogP contribution in [0.3, 0.4) is 0 Å². The van der Waals surface area contributed by atoms with E-state index in [2.05, 4.69) is 4.98 Å². The second kappa shape index (κ2) is 6.26. The van der Waals surface area contributed by atoms with E-state index in [1.165, 1.54) is 6.20 Å². The molecular formula is C13H10Cl2N2O4. The molecule has 8 heteroatoms. The van der Waals surface area contributed by atoms with E-state index >= 15 is 0 Å². The fourth-order valence-corrected chi connectivity index (χ4v) is 2.26. The number of rotatable bonds is 5. The lowest BCUT2D eigenvalue weighted by atomic mass is 10.1. The van der Waals surface area contributed by atoms with Crippen LogP contribution in [0, 0.1) is 0 Å². The van der Waals surface area contributed by atoms with Crippen LogP contribution in [0.1, 0.15) is 17.1 Å². The van der Waals surface area contributed by atoms with Crippen molar-refractivity contribution < 1.29 is 19.1 Å². The normalized spacial score (nSPS) is 12.1. The molecule has 2 aromatic rings. The molecule has 0 radical (unpaired) electrons. The highest BCUT2D eigenvalue weighted by Gasteiger charge is 2.24. The number of oxazole rings is 1. The van der Waals surface area contributed by atoms with Crippen molar-refractivity contribution in [1.82, 2.24) is 4.98 Å². The number of benzene rings is 1. The van der Waals surface area contributed by atoms with Crippen LogP contribution in [0.2, 0.25) is 10.0 Å². The summed E-state index contributed by atoms with van der Waals surface area (Å²) in [6, 6.07) is 3.67. The summed E-state index contributed by atoms with van der Waals surface area (Å²) in [6.07, 6.45) is 0.775. The van der Waals surface area contributed by atoms with Gasteiger partial charge in [0, 0.05) is 0 Å². The Morgan fingerprint density at radius 1 is 1.33 bits per heavy atom. The van der Waals surface area contributed by atoms with Gasteiger partial charge < -0.3 is 15.3 Å². The minimum Gasteiger partial charge on any atom is -0.481 e. The Balaban J connectivity index is 2.30. The number of carboxylic acid groups (broad SMARTS) is 1. The molecule has 0 saturated carbocycles. The van der Waals surface area contributed by atoms with Crippen LogP contribution >= 0.6 is 23.2 Å². The number of carbonyl (C=O) groups is 2. The molecule has 0 saturated heterocycles. The summed E-state index contributed by atoms with van der Waals surface area (Å²) in [4.78, 5) is 26.2. The molecule has 2 rings (SSSR count). The molecule has 3 N–H and O–H groups in total. The predicted molar refractivity (Wildman–Crippen MR) is 76.5 cm³/mol. The van der Waals surface area contributed by atoms with Gasteiger partial charge in [0.2, 0.25) is 5.78 Å². The number of aliphatic carboxylic acids is 1. The van der Waals surface area contributed by atoms with E-state index in [4.69, 9.17) is 38.5 Å². The molecule has 0 unspecified atom stereocenters. The average Bonchev–Trinajstić information content (AvgIpc) is 2.86. The Kier molecular flexibility index (Phi) is 4.62. The maximum absolute atomic E-state index is 11.9. The summed E-state index contributed by atoms with van der Waals surface area (Å²) >= 11 is 12.0. The van der Waals surface area contributed by atoms with Gasteiger partial charge in [-0.25, -0.2) is 4.98 Å². The molecule has 1 aromatic carbocycles. The van der Waals surface area contributed by atoms with Gasteiger partial charge in [0.05, 0.1) is 34.3 Å². The van der Waals surface area contributed by atoms with Gasteiger partial charge in [-0.1, -0.05) is 29.3 Å². The Hall–Kier alpha value is -1.89. The molecule has 0 bridgehead atoms. The van der Waals surface area contributed by atoms with Gasteiger partial charge in [0.1, 0.15) is 0 Å². The Bertz CT molecular complexity index is 679. The molecule has 1 atom stereocenters. The van der Waals surface area contributed by atoms with Crippen molar-refractivity contribution in [2.45, 2.75) is 12.5 Å². The molecule has 0 aliphatic rings. The predicted octanol–water partition coefficient (Wildman–Crippen LogP) is 2.63. The number of halogens is 2. The monoisotopic (exact) mass is 328 g/mol. The molecule has 6 nitrogen and oxygen atoms in total. The number of hydrogen-bond acceptors (Lipinski definition) is 5. The molecule has 0 spiro atoms. The standard InChI is InChI=1S/C13H10Cl2N2O4/c14-6-2-1-3-7(15)11(6)9-5-17-13(21-9)12(20)8(16)4-10(18)19/h1-3,5,8H,4,16H2,(H,18,19)/t8-/m0/s1. The molecule has 0 aliphatic carbocycles. The molecule has 1 heterocycles. The van der Waals surface area contributed by atoms with Crippen molar-refractivity contribution in [3.8, 4) is 11.3 Å². The van der Waals surface area contributed by atoms with E-state index < -0.39 is 24.2 Å². The van der Waals surface area contributed by atoms with Gasteiger partial charge in [-0.15, -0.1) is 0 Å². The van der Waals surface area contributed by atoms with Crippen molar-refractivity contribution in [3.05, 3.63) is 40.3 Å². The third-order valence-corrected chi connectivity index (χ3v) is 3.29. The van der Waals surface area contributed by atoms with Crippen LogP contribution in [0.4, 0.5) is 0 Å². The summed E-state index contributed by atoms with van der Waals surface area (Å²) in [5, 5.41) is 9.30. The van der Waals surface area contributed by atoms with Gasteiger partial charge in [-0.05, 0) is 12.1 Å². The zero-order valence-electron chi connectivity index (χ0n) is 10.5. The number of nitrogens with two attached hydrogens (primary N) is 1. The lowest BCUT2D eigenvalue weighted by Gasteiger charge is -2.04. The third-order valence-electron chi connectivity index (χ3n) is 2.66. The first-order chi connectivity index (χ1) is 9.90. The van der Waals surface area contributed by atoms with Crippen LogP contribution < -0.4 is 5.73 Å². The maximum atomic E-state index is 11.9. The van der Waals surface area contributed by atoms with Gasteiger partial charge in [-0.3, -0.25) is 9.59 Å². The summed E-state index contributed by atoms with van der Waals surface area (Å²) in [6.45, 7) is 0. The van der Waals surface area contributed by atoms with Gasteiger partial charge >= 0.3 is 5.97 Å². The number of carboxylic acids is 1. The SMILES string of the molecule is N[C@@H](CC(=O)O)C(=O)c1ncc(-c2c(Cl)cccc2Cl)o1. The number of nitrogens with zero attached hydrogens (tertiary/aromatic N) is 1. The first-order valence-electron chi connectivity index (χ1n) is 5.82. The first kappa shape index (κ1) is 15.5. The lowest BCUT2D eigenvalue weighted by molar-refractivity contribution is -0.137. The number of Topliss-reactive ketones (excluding diaryl/α,β-unsaturated/α-hetero) is 1. The summed E-state index contributed by atoms with van der Waals surface area (Å²) < 4.78 is 5.29. The molecule has 110 valence electrons. The first-order valence-corrected chi connectivity index (χ1v) is 6.57. The number of hydrogen-bond donors (Lipinski definition) is 2. The van der Waals surface area contributed by atoms with E-state index in [0.717, 1.165) is 0 Å². The Labute approximate surface area is 129 Å². The number of ketones is 1. The van der Waals surface area contributed by atoms with Crippen molar-refractivity contribution in [1.29, 1.82) is 0 Å². The summed E-state index contributed by atoms with van der Waals surface area (Å²) in [5.41, 5.74) is 5.88. The Morgan fingerprint density at radius 2 is 1.95 bits per heavy atom. The second-order valence-electron chi connectivity index (χ2n) is 4.19. The summed E-state index contributed by atoms with van der Waals surface area (Å²) in [5.74, 6) is -1.96. The minimum atomic E-state index is -1.23. The molecule has 1 aromatic heterocycles. The van der Waals surface area contributed by atoms with Crippen molar-refractivity contribution in [3.63, 3.8) is 0 Å². The zero-order chi connectivity index (χ0) is 15.6. The van der Waals surface area contributed by atoms with E-state index in [0.29, 0.717) is 15.6 Å². The zero-order valence-corrected chi connectivity index (χ0v) is 12.1. The molecular weight excluding hydrogens is 319 g/mol. The van der Waals surface area contributed by atoms with Crippen LogP contribution in [-0.2, 0) is 4.79 Å². The van der Waals surface area contributed by atoms with Crippen LogP contribution in [0.25, 0.3) is 11.3 Å². The fraction of sp³-hybridized carbons (Fsp3) is 0.154. The topological polar surface area (TPSA) is 106 Å². The van der Waals surface area contributed by atoms with Crippen molar-refractivity contribution in [2.24, 2.45) is 5.73 Å². The molecule has 21 heavy (non-hydrogen) atoms. The molecule has 0 aliphatic heterocycles. The van der Waals surface area contributed by atoms with Gasteiger partial charge in [0.25, 0.3) is 5.89 Å². The van der Waals surface area contributed by atoms with Crippen LogP contribution in [-0.4, -0.2) is 27.9 Å². The quantitative estimate of drug-likeness (QED) is 0.817. The molecule has 0 fully saturated rings. The average molecular weight is 329 g/mol. The molecule has 0 amide bonds. The van der Waals surface area contributed by atoms with Gasteiger partial charge in [-0.2, -0.15) is 0 Å². The number of carbonyl (C=O) groups excluding carboxylic acids is 1. The minimum absolute atomic E-state index is 0.205. The third kappa shape index (κ3) is 3.41. The lowest BCUT2D eigenvalue weighted by Crippen LogP contribution is -2.33. The largest absolute Gasteiger partial charge is 0.481 e. The van der Waals surface area contributed by atoms with Crippen LogP contribution in [0.15, 0.2) is 28.8 Å². The number of aromatic nitrogens is 1. The van der Waals surface area contributed by atoms with E-state index in [1.807, 2.05) is 0 Å². The fourth-order valence-electron chi connectivity index (χ4n) is 1.68. The van der Waals surface area contributed by atoms with Gasteiger partial charge in [0.15, 0.2) is 5.76 Å². The maximum Gasteiger partial charge on any atom is 0.305 e. The summed E-state index contributed by atoms with van der Waals surface area (Å²) in [7, 11) is 0.